The van der Waals surface area contributed by atoms with Crippen molar-refractivity contribution in [2.24, 2.45) is 0 Å². The first kappa shape index (κ1) is 34.3. The molecule has 0 spiro atoms. The van der Waals surface area contributed by atoms with Gasteiger partial charge in [0.1, 0.15) is 5.69 Å². The van der Waals surface area contributed by atoms with Crippen molar-refractivity contribution >= 4 is 17.3 Å². The number of H-pyrrole nitrogens is 3. The highest BCUT2D eigenvalue weighted by molar-refractivity contribution is 6.09. The number of carbonyl (C=O) groups excluding carboxylic acids is 3. The number of benzene rings is 2. The number of carbonyl (C=O) groups is 3. The van der Waals surface area contributed by atoms with Gasteiger partial charge >= 0.3 is 11.4 Å². The van der Waals surface area contributed by atoms with Gasteiger partial charge in [-0.05, 0) is 64.8 Å². The van der Waals surface area contributed by atoms with Gasteiger partial charge in [0.2, 0.25) is 11.6 Å². The molecule has 0 bridgehead atoms. The van der Waals surface area contributed by atoms with Crippen LogP contribution in [0.25, 0.3) is 0 Å². The van der Waals surface area contributed by atoms with Crippen molar-refractivity contribution in [1.82, 2.24) is 19.5 Å². The number of nitrogens with one attached hydrogen (secondary N) is 3. The van der Waals surface area contributed by atoms with Crippen molar-refractivity contribution in [2.45, 2.75) is 74.3 Å². The average Bonchev–Trinajstić information content (AvgIpc) is 2.96. The molecule has 0 amide bonds. The number of hydrogen-bond acceptors (Lipinski definition) is 7. The van der Waals surface area contributed by atoms with E-state index in [-0.39, 0.29) is 47.9 Å². The van der Waals surface area contributed by atoms with Crippen LogP contribution in [0, 0.1) is 27.7 Å². The molecule has 0 atom stereocenters. The van der Waals surface area contributed by atoms with Gasteiger partial charge in [-0.2, -0.15) is 0 Å². The number of rotatable bonds is 9. The number of ketones is 3. The minimum absolute atomic E-state index is 0.00282. The number of Topliss-reactive ketones (excluding diaryl/α,β-unsaturated/α-hetero) is 1. The van der Waals surface area contributed by atoms with Crippen LogP contribution in [0.5, 0.6) is 0 Å². The van der Waals surface area contributed by atoms with Crippen LogP contribution in [-0.2, 0) is 24.2 Å². The highest BCUT2D eigenvalue weighted by Crippen LogP contribution is 2.16. The number of aromatic amines is 3. The van der Waals surface area contributed by atoms with Crippen molar-refractivity contribution in [3.8, 4) is 0 Å². The summed E-state index contributed by atoms with van der Waals surface area (Å²) in [6.45, 7) is 12.5. The molecule has 0 unspecified atom stereocenters. The first-order valence-corrected chi connectivity index (χ1v) is 14.7. The van der Waals surface area contributed by atoms with E-state index in [1.165, 1.54) is 0 Å². The van der Waals surface area contributed by atoms with E-state index in [0.717, 1.165) is 26.8 Å². The largest absolute Gasteiger partial charge is 0.329 e. The molecule has 2 heterocycles. The summed E-state index contributed by atoms with van der Waals surface area (Å²) >= 11 is 0. The summed E-state index contributed by atoms with van der Waals surface area (Å²) in [5.74, 6) is -0.946. The normalized spacial score (nSPS) is 10.6. The van der Waals surface area contributed by atoms with E-state index in [1.807, 2.05) is 39.8 Å². The molecule has 0 saturated heterocycles. The smallest absolute Gasteiger partial charge is 0.304 e. The van der Waals surface area contributed by atoms with E-state index in [4.69, 9.17) is 0 Å². The maximum atomic E-state index is 13.1. The van der Waals surface area contributed by atoms with Gasteiger partial charge in [-0.3, -0.25) is 38.5 Å². The number of aromatic nitrogens is 4. The van der Waals surface area contributed by atoms with Gasteiger partial charge in [0.05, 0.1) is 12.2 Å². The van der Waals surface area contributed by atoms with Crippen LogP contribution in [0.3, 0.4) is 0 Å². The molecule has 0 saturated carbocycles. The van der Waals surface area contributed by atoms with Gasteiger partial charge in [-0.15, -0.1) is 0 Å². The molecule has 0 fully saturated rings. The third-order valence-corrected chi connectivity index (χ3v) is 7.18. The Morgan fingerprint density at radius 1 is 0.622 bits per heavy atom. The standard InChI is InChI=1S/C19H22N2O4.C15H16N2O3/c1-5-14(22)10-21-16(15(6-2)18(24)20-19(21)25)17(23)13-8-11(3)7-12(4)9-13;1-4-11-12(16-15(20)17-14(11)19)13(18)10-6-8(2)5-9(3)7-10/h7-9H,5-6,10H2,1-4H3,(H,20,24,25);5-7H,4H2,1-3H3,(H2,16,17,19,20). The van der Waals surface area contributed by atoms with Gasteiger partial charge in [0.15, 0.2) is 5.78 Å². The second-order valence-corrected chi connectivity index (χ2v) is 10.9. The molecule has 236 valence electrons. The van der Waals surface area contributed by atoms with Crippen LogP contribution in [0.4, 0.5) is 0 Å². The van der Waals surface area contributed by atoms with E-state index in [9.17, 15) is 33.6 Å². The van der Waals surface area contributed by atoms with Gasteiger partial charge in [0.25, 0.3) is 11.1 Å². The Morgan fingerprint density at radius 2 is 1.09 bits per heavy atom. The molecular weight excluding hydrogens is 576 g/mol. The Kier molecular flexibility index (Phi) is 11.1. The van der Waals surface area contributed by atoms with Crippen LogP contribution in [0.2, 0.25) is 0 Å². The molecule has 2 aromatic carbocycles. The topological polar surface area (TPSA) is 172 Å². The highest BCUT2D eigenvalue weighted by Gasteiger charge is 2.23. The van der Waals surface area contributed by atoms with Crippen LogP contribution < -0.4 is 22.5 Å². The van der Waals surface area contributed by atoms with Crippen LogP contribution in [-0.4, -0.2) is 36.9 Å². The second kappa shape index (κ2) is 14.5. The van der Waals surface area contributed by atoms with E-state index in [0.29, 0.717) is 23.1 Å². The first-order chi connectivity index (χ1) is 21.2. The maximum absolute atomic E-state index is 13.1. The number of nitrogens with zero attached hydrogens (tertiary/aromatic N) is 1. The SMILES string of the molecule is CCC(=O)Cn1c(C(=O)c2cc(C)cc(C)c2)c(CC)c(=O)[nH]c1=O.CCc1c(C(=O)c2cc(C)cc(C)c2)[nH]c(=O)[nH]c1=O. The molecule has 0 radical (unpaired) electrons. The zero-order valence-electron chi connectivity index (χ0n) is 26.6. The van der Waals surface area contributed by atoms with E-state index in [1.54, 1.807) is 45.0 Å². The summed E-state index contributed by atoms with van der Waals surface area (Å²) in [6, 6.07) is 10.8. The van der Waals surface area contributed by atoms with Crippen molar-refractivity contribution < 1.29 is 14.4 Å². The van der Waals surface area contributed by atoms with Crippen molar-refractivity contribution in [3.05, 3.63) is 134 Å². The lowest BCUT2D eigenvalue weighted by Gasteiger charge is -2.14. The van der Waals surface area contributed by atoms with Crippen molar-refractivity contribution in [1.29, 1.82) is 0 Å². The van der Waals surface area contributed by atoms with Gasteiger partial charge in [-0.25, -0.2) is 9.59 Å². The van der Waals surface area contributed by atoms with Crippen molar-refractivity contribution in [2.75, 3.05) is 0 Å². The molecule has 3 N–H and O–H groups in total. The molecule has 4 aromatic rings. The van der Waals surface area contributed by atoms with Gasteiger partial charge < -0.3 is 4.98 Å². The lowest BCUT2D eigenvalue weighted by atomic mass is 9.99. The average molecular weight is 615 g/mol. The third-order valence-electron chi connectivity index (χ3n) is 7.18. The molecule has 45 heavy (non-hydrogen) atoms. The molecule has 11 heteroatoms. The summed E-state index contributed by atoms with van der Waals surface area (Å²) < 4.78 is 1.09. The van der Waals surface area contributed by atoms with Gasteiger partial charge in [-0.1, -0.05) is 55.2 Å². The summed E-state index contributed by atoms with van der Waals surface area (Å²) in [4.78, 5) is 91.8. The minimum Gasteiger partial charge on any atom is -0.304 e. The van der Waals surface area contributed by atoms with Crippen LogP contribution >= 0.6 is 0 Å². The number of aryl methyl sites for hydroxylation is 4. The quantitative estimate of drug-likeness (QED) is 0.242. The molecule has 0 aliphatic carbocycles. The first-order valence-electron chi connectivity index (χ1n) is 14.7. The van der Waals surface area contributed by atoms with E-state index < -0.39 is 28.3 Å². The van der Waals surface area contributed by atoms with E-state index >= 15 is 0 Å². The summed E-state index contributed by atoms with van der Waals surface area (Å²) in [5, 5.41) is 0. The fourth-order valence-corrected chi connectivity index (χ4v) is 5.17. The Hall–Kier alpha value is -5.19. The molecule has 4 rings (SSSR count). The summed E-state index contributed by atoms with van der Waals surface area (Å²) in [6.07, 6.45) is 0.893. The molecule has 2 aromatic heterocycles. The van der Waals surface area contributed by atoms with Gasteiger partial charge in [0, 0.05) is 28.7 Å². The van der Waals surface area contributed by atoms with Crippen LogP contribution in [0.15, 0.2) is 55.6 Å². The zero-order chi connectivity index (χ0) is 33.6. The Labute approximate surface area is 259 Å². The minimum atomic E-state index is -0.739. The molecular formula is C34H38N4O7. The Morgan fingerprint density at radius 3 is 1.56 bits per heavy atom. The predicted molar refractivity (Wildman–Crippen MR) is 172 cm³/mol. The fourth-order valence-electron chi connectivity index (χ4n) is 5.17. The lowest BCUT2D eigenvalue weighted by molar-refractivity contribution is -0.119. The summed E-state index contributed by atoms with van der Waals surface area (Å²) in [5.41, 5.74) is 2.69. The Bertz CT molecular complexity index is 1990. The molecule has 0 aliphatic rings. The highest BCUT2D eigenvalue weighted by atomic mass is 16.2. The van der Waals surface area contributed by atoms with Crippen molar-refractivity contribution in [3.63, 3.8) is 0 Å². The Balaban J connectivity index is 0.000000251. The monoisotopic (exact) mass is 614 g/mol. The zero-order valence-corrected chi connectivity index (χ0v) is 26.6. The molecule has 0 aliphatic heterocycles. The fraction of sp³-hybridized carbons (Fsp3) is 0.324. The third kappa shape index (κ3) is 8.05. The summed E-state index contributed by atoms with van der Waals surface area (Å²) in [7, 11) is 0. The lowest BCUT2D eigenvalue weighted by Crippen LogP contribution is -2.38. The molecule has 11 nitrogen and oxygen atoms in total. The number of hydrogen-bond donors (Lipinski definition) is 3. The second-order valence-electron chi connectivity index (χ2n) is 10.9. The maximum Gasteiger partial charge on any atom is 0.329 e. The predicted octanol–water partition coefficient (Wildman–Crippen LogP) is 3.40. The van der Waals surface area contributed by atoms with E-state index in [2.05, 4.69) is 15.0 Å². The van der Waals surface area contributed by atoms with Crippen LogP contribution in [0.1, 0.15) is 92.7 Å².